The van der Waals surface area contributed by atoms with Gasteiger partial charge < -0.3 is 19.9 Å². The zero-order valence-corrected chi connectivity index (χ0v) is 22.6. The van der Waals surface area contributed by atoms with Crippen molar-refractivity contribution >= 4 is 27.5 Å². The Morgan fingerprint density at radius 2 is 1.73 bits per heavy atom. The highest BCUT2D eigenvalue weighted by atomic mass is 32.2. The van der Waals surface area contributed by atoms with E-state index in [1.165, 1.54) is 4.31 Å². The quantitative estimate of drug-likeness (QED) is 0.593. The third kappa shape index (κ3) is 6.31. The van der Waals surface area contributed by atoms with Crippen LogP contribution in [0.25, 0.3) is 0 Å². The van der Waals surface area contributed by atoms with E-state index in [0.29, 0.717) is 56.1 Å². The van der Waals surface area contributed by atoms with Gasteiger partial charge >= 0.3 is 0 Å². The van der Waals surface area contributed by atoms with Crippen LogP contribution < -0.4 is 10.1 Å². The minimum atomic E-state index is -3.73. The van der Waals surface area contributed by atoms with Gasteiger partial charge in [-0.3, -0.25) is 9.59 Å². The average Bonchev–Trinajstić information content (AvgIpc) is 2.90. The van der Waals surface area contributed by atoms with Crippen LogP contribution in [0.3, 0.4) is 0 Å². The van der Waals surface area contributed by atoms with Gasteiger partial charge in [0.1, 0.15) is 5.75 Å². The van der Waals surface area contributed by atoms with Gasteiger partial charge in [-0.1, -0.05) is 0 Å². The first-order chi connectivity index (χ1) is 17.7. The molecule has 0 spiro atoms. The van der Waals surface area contributed by atoms with Gasteiger partial charge in [0.25, 0.3) is 5.91 Å². The van der Waals surface area contributed by atoms with Crippen molar-refractivity contribution in [3.63, 3.8) is 0 Å². The second kappa shape index (κ2) is 11.6. The summed E-state index contributed by atoms with van der Waals surface area (Å²) in [4.78, 5) is 30.0. The van der Waals surface area contributed by atoms with Crippen LogP contribution in [-0.2, 0) is 14.8 Å². The number of ether oxygens (including phenoxy) is 1. The highest BCUT2D eigenvalue weighted by molar-refractivity contribution is 7.89. The molecular weight excluding hydrogens is 492 g/mol. The first-order valence-electron chi connectivity index (χ1n) is 12.8. The van der Waals surface area contributed by atoms with E-state index in [0.717, 1.165) is 18.7 Å². The van der Waals surface area contributed by atoms with Crippen molar-refractivity contribution < 1.29 is 22.7 Å². The summed E-state index contributed by atoms with van der Waals surface area (Å²) < 4.78 is 33.5. The van der Waals surface area contributed by atoms with E-state index in [-0.39, 0.29) is 23.3 Å². The molecule has 0 radical (unpaired) electrons. The summed E-state index contributed by atoms with van der Waals surface area (Å²) in [6.45, 7) is 7.81. The second-order valence-electron chi connectivity index (χ2n) is 9.72. The van der Waals surface area contributed by atoms with Crippen molar-refractivity contribution in [1.82, 2.24) is 14.1 Å². The summed E-state index contributed by atoms with van der Waals surface area (Å²) in [6, 6.07) is 11.8. The number of amides is 2. The maximum absolute atomic E-state index is 13.3. The predicted octanol–water partition coefficient (Wildman–Crippen LogP) is 2.82. The average molecular weight is 529 g/mol. The first-order valence-corrected chi connectivity index (χ1v) is 14.3. The number of aryl methyl sites for hydroxylation is 1. The fourth-order valence-corrected chi connectivity index (χ4v) is 6.37. The molecule has 4 rings (SSSR count). The molecule has 0 saturated carbocycles. The van der Waals surface area contributed by atoms with Crippen LogP contribution >= 0.6 is 0 Å². The van der Waals surface area contributed by atoms with Gasteiger partial charge in [0.05, 0.1) is 17.4 Å². The Labute approximate surface area is 219 Å². The van der Waals surface area contributed by atoms with Crippen LogP contribution in [0.15, 0.2) is 47.4 Å². The SMILES string of the molecule is CCOc1ccc(S(=O)(=O)N2CCC[C@@H](C(=O)Nc3ccc(C(=O)N4CCN(C)CC4)cc3)C2)cc1C. The van der Waals surface area contributed by atoms with Gasteiger partial charge in [-0.15, -0.1) is 0 Å². The predicted molar refractivity (Wildman–Crippen MR) is 142 cm³/mol. The maximum Gasteiger partial charge on any atom is 0.253 e. The summed E-state index contributed by atoms with van der Waals surface area (Å²) in [5, 5.41) is 2.90. The molecule has 0 aliphatic carbocycles. The maximum atomic E-state index is 13.3. The number of benzene rings is 2. The van der Waals surface area contributed by atoms with Crippen molar-refractivity contribution in [1.29, 1.82) is 0 Å². The third-order valence-electron chi connectivity index (χ3n) is 7.03. The zero-order chi connectivity index (χ0) is 26.6. The van der Waals surface area contributed by atoms with E-state index in [4.69, 9.17) is 4.74 Å². The summed E-state index contributed by atoms with van der Waals surface area (Å²) >= 11 is 0. The topological polar surface area (TPSA) is 99.3 Å². The number of hydrogen-bond acceptors (Lipinski definition) is 6. The Morgan fingerprint density at radius 3 is 2.38 bits per heavy atom. The van der Waals surface area contributed by atoms with Crippen molar-refractivity contribution in [2.75, 3.05) is 58.2 Å². The minimum Gasteiger partial charge on any atom is -0.494 e. The molecule has 0 aromatic heterocycles. The summed E-state index contributed by atoms with van der Waals surface area (Å²) in [6.07, 6.45) is 1.21. The largest absolute Gasteiger partial charge is 0.494 e. The van der Waals surface area contributed by atoms with Crippen molar-refractivity contribution in [2.45, 2.75) is 31.6 Å². The second-order valence-corrected chi connectivity index (χ2v) is 11.7. The van der Waals surface area contributed by atoms with Crippen molar-refractivity contribution in [3.8, 4) is 5.75 Å². The molecular formula is C27H36N4O5S. The molecule has 0 unspecified atom stereocenters. The van der Waals surface area contributed by atoms with E-state index in [1.54, 1.807) is 42.5 Å². The lowest BCUT2D eigenvalue weighted by molar-refractivity contribution is -0.120. The Kier molecular flexibility index (Phi) is 8.51. The smallest absolute Gasteiger partial charge is 0.253 e. The number of nitrogens with zero attached hydrogens (tertiary/aromatic N) is 3. The number of likely N-dealkylation sites (N-methyl/N-ethyl adjacent to an activating group) is 1. The van der Waals surface area contributed by atoms with Gasteiger partial charge in [-0.05, 0) is 81.8 Å². The van der Waals surface area contributed by atoms with Crippen molar-refractivity contribution in [2.24, 2.45) is 5.92 Å². The number of hydrogen-bond donors (Lipinski definition) is 1. The number of piperazine rings is 1. The Balaban J connectivity index is 1.37. The van der Waals surface area contributed by atoms with Crippen LogP contribution in [-0.4, -0.2) is 87.3 Å². The fraction of sp³-hybridized carbons (Fsp3) is 0.481. The van der Waals surface area contributed by atoms with Gasteiger partial charge in [-0.2, -0.15) is 4.31 Å². The minimum absolute atomic E-state index is 0.0105. The summed E-state index contributed by atoms with van der Waals surface area (Å²) in [5.74, 6) is -0.0304. The molecule has 1 atom stereocenters. The highest BCUT2D eigenvalue weighted by Gasteiger charge is 2.33. The zero-order valence-electron chi connectivity index (χ0n) is 21.8. The molecule has 2 saturated heterocycles. The number of rotatable bonds is 7. The number of piperidine rings is 1. The normalized spacial score (nSPS) is 19.4. The lowest BCUT2D eigenvalue weighted by Gasteiger charge is -2.32. The van der Waals surface area contributed by atoms with Gasteiger partial charge in [0.2, 0.25) is 15.9 Å². The number of nitrogens with one attached hydrogen (secondary N) is 1. The molecule has 0 bridgehead atoms. The Hall–Kier alpha value is -2.95. The van der Waals surface area contributed by atoms with Crippen LogP contribution in [0.1, 0.15) is 35.7 Å². The van der Waals surface area contributed by atoms with Gasteiger partial charge in [0.15, 0.2) is 0 Å². The van der Waals surface area contributed by atoms with Crippen LogP contribution in [0.4, 0.5) is 5.69 Å². The molecule has 2 heterocycles. The molecule has 9 nitrogen and oxygen atoms in total. The van der Waals surface area contributed by atoms with E-state index < -0.39 is 15.9 Å². The molecule has 1 N–H and O–H groups in total. The first kappa shape index (κ1) is 27.1. The van der Waals surface area contributed by atoms with E-state index >= 15 is 0 Å². The van der Waals surface area contributed by atoms with E-state index in [2.05, 4.69) is 10.2 Å². The van der Waals surface area contributed by atoms with Crippen LogP contribution in [0.5, 0.6) is 5.75 Å². The summed E-state index contributed by atoms with van der Waals surface area (Å²) in [7, 11) is -1.69. The molecule has 2 aromatic rings. The number of carbonyl (C=O) groups excluding carboxylic acids is 2. The van der Waals surface area contributed by atoms with Crippen LogP contribution in [0.2, 0.25) is 0 Å². The molecule has 10 heteroatoms. The fourth-order valence-electron chi connectivity index (χ4n) is 4.76. The number of sulfonamides is 1. The molecule has 2 fully saturated rings. The van der Waals surface area contributed by atoms with E-state index in [1.807, 2.05) is 25.8 Å². The van der Waals surface area contributed by atoms with Gasteiger partial charge in [0, 0.05) is 50.5 Å². The Bertz CT molecular complexity index is 1220. The third-order valence-corrected chi connectivity index (χ3v) is 8.89. The molecule has 37 heavy (non-hydrogen) atoms. The molecule has 2 aliphatic rings. The monoisotopic (exact) mass is 528 g/mol. The van der Waals surface area contributed by atoms with Crippen LogP contribution in [0, 0.1) is 12.8 Å². The lowest BCUT2D eigenvalue weighted by Crippen LogP contribution is -2.47. The lowest BCUT2D eigenvalue weighted by atomic mass is 9.98. The van der Waals surface area contributed by atoms with E-state index in [9.17, 15) is 18.0 Å². The molecule has 2 aromatic carbocycles. The number of carbonyl (C=O) groups is 2. The molecule has 200 valence electrons. The van der Waals surface area contributed by atoms with Gasteiger partial charge in [-0.25, -0.2) is 8.42 Å². The number of anilines is 1. The highest BCUT2D eigenvalue weighted by Crippen LogP contribution is 2.28. The van der Waals surface area contributed by atoms with Crippen molar-refractivity contribution in [3.05, 3.63) is 53.6 Å². The standard InChI is InChI=1S/C27H36N4O5S/c1-4-36-25-12-11-24(18-20(25)2)37(34,35)31-13-5-6-22(19-31)26(32)28-23-9-7-21(8-10-23)27(33)30-16-14-29(3)15-17-30/h7-12,18,22H,4-6,13-17,19H2,1-3H3,(H,28,32)/t22-/m1/s1. The Morgan fingerprint density at radius 1 is 1.03 bits per heavy atom. The summed E-state index contributed by atoms with van der Waals surface area (Å²) in [5.41, 5.74) is 1.92. The molecule has 2 amide bonds. The molecule has 2 aliphatic heterocycles.